The number of carbonyl (C=O) groups is 3. The van der Waals surface area contributed by atoms with Crippen LogP contribution in [0, 0.1) is 19.8 Å². The lowest BCUT2D eigenvalue weighted by Crippen LogP contribution is -2.70. The first-order valence-electron chi connectivity index (χ1n) is 12.3. The van der Waals surface area contributed by atoms with Crippen molar-refractivity contribution in [2.45, 2.75) is 45.7 Å². The summed E-state index contributed by atoms with van der Waals surface area (Å²) in [6, 6.07) is 9.55. The Labute approximate surface area is 216 Å². The van der Waals surface area contributed by atoms with Crippen LogP contribution in [-0.2, 0) is 23.1 Å². The summed E-state index contributed by atoms with van der Waals surface area (Å²) in [5.41, 5.74) is 10.0. The Morgan fingerprint density at radius 3 is 2.49 bits per heavy atom. The smallest absolute Gasteiger partial charge is 0.325 e. The van der Waals surface area contributed by atoms with E-state index in [0.29, 0.717) is 17.9 Å². The van der Waals surface area contributed by atoms with Gasteiger partial charge >= 0.3 is 6.03 Å². The maximum Gasteiger partial charge on any atom is 0.325 e. The molecule has 0 aliphatic carbocycles. The first kappa shape index (κ1) is 25.9. The lowest BCUT2D eigenvalue weighted by molar-refractivity contribution is -0.156. The molecule has 0 radical (unpaired) electrons. The number of rotatable bonds is 7. The van der Waals surface area contributed by atoms with Crippen molar-refractivity contribution in [2.24, 2.45) is 13.0 Å². The van der Waals surface area contributed by atoms with Gasteiger partial charge in [-0.25, -0.2) is 9.78 Å². The first-order valence-corrected chi connectivity index (χ1v) is 12.3. The third kappa shape index (κ3) is 5.32. The van der Waals surface area contributed by atoms with Gasteiger partial charge in [-0.1, -0.05) is 36.8 Å². The summed E-state index contributed by atoms with van der Waals surface area (Å²) in [7, 11) is 3.37. The highest BCUT2D eigenvalue weighted by molar-refractivity contribution is 6.12. The summed E-state index contributed by atoms with van der Waals surface area (Å²) in [6.07, 6.45) is 4.16. The molecular weight excluding hydrogens is 470 g/mol. The number of anilines is 2. The Kier molecular flexibility index (Phi) is 7.28. The van der Waals surface area contributed by atoms with Crippen molar-refractivity contribution in [1.82, 2.24) is 25.0 Å². The quantitative estimate of drug-likeness (QED) is 0.478. The van der Waals surface area contributed by atoms with E-state index in [1.54, 1.807) is 37.2 Å². The summed E-state index contributed by atoms with van der Waals surface area (Å²) < 4.78 is 1.59. The van der Waals surface area contributed by atoms with Crippen LogP contribution in [-0.4, -0.2) is 50.6 Å². The molecular formula is C27H33N7O3. The van der Waals surface area contributed by atoms with Crippen molar-refractivity contribution in [1.29, 1.82) is 0 Å². The number of nitrogens with zero attached hydrogens (tertiary/aromatic N) is 5. The van der Waals surface area contributed by atoms with Gasteiger partial charge < -0.3 is 16.0 Å². The summed E-state index contributed by atoms with van der Waals surface area (Å²) >= 11 is 0. The fraction of sp³-hybridized carbons (Fsp3) is 0.370. The van der Waals surface area contributed by atoms with Gasteiger partial charge in [-0.2, -0.15) is 5.10 Å². The molecule has 1 aromatic carbocycles. The Morgan fingerprint density at radius 2 is 1.89 bits per heavy atom. The van der Waals surface area contributed by atoms with Gasteiger partial charge in [0.2, 0.25) is 5.91 Å². The highest BCUT2D eigenvalue weighted by atomic mass is 16.2. The predicted molar refractivity (Wildman–Crippen MR) is 141 cm³/mol. The standard InChI is InChI=1S/C27H33N7O3/c1-6-22(19-9-7-16(2)8-10-19)31-27(37)34-24(26(36)33(5)20-14-29-32(4)15-20)21(25(34)35)12-18-11-17(3)30-23(28)13-18/h7-11,13-15,21-22,24H,6,12H2,1-5H3,(H2,28,30)(H,31,37)/t21-,22-,24+/m1/s1. The maximum absolute atomic E-state index is 13.7. The zero-order chi connectivity index (χ0) is 26.9. The topological polar surface area (TPSA) is 126 Å². The fourth-order valence-electron chi connectivity index (χ4n) is 4.74. The largest absolute Gasteiger partial charge is 0.384 e. The molecule has 194 valence electrons. The zero-order valence-electron chi connectivity index (χ0n) is 21.8. The van der Waals surface area contributed by atoms with Gasteiger partial charge in [-0.3, -0.25) is 19.2 Å². The molecule has 10 heteroatoms. The van der Waals surface area contributed by atoms with Crippen LogP contribution >= 0.6 is 0 Å². The minimum absolute atomic E-state index is 0.266. The number of carbonyl (C=O) groups excluding carboxylic acids is 3. The Hall–Kier alpha value is -4.21. The molecule has 3 aromatic rings. The summed E-state index contributed by atoms with van der Waals surface area (Å²) in [4.78, 5) is 47.1. The van der Waals surface area contributed by atoms with Gasteiger partial charge in [-0.15, -0.1) is 0 Å². The number of amides is 4. The zero-order valence-corrected chi connectivity index (χ0v) is 21.8. The minimum atomic E-state index is -0.970. The van der Waals surface area contributed by atoms with E-state index in [4.69, 9.17) is 5.73 Å². The first-order chi connectivity index (χ1) is 17.6. The van der Waals surface area contributed by atoms with Crippen molar-refractivity contribution in [3.05, 3.63) is 71.2 Å². The summed E-state index contributed by atoms with van der Waals surface area (Å²) in [6.45, 7) is 5.77. The third-order valence-corrected chi connectivity index (χ3v) is 6.77. The number of nitrogens with two attached hydrogens (primary N) is 1. The van der Waals surface area contributed by atoms with Crippen molar-refractivity contribution in [3.63, 3.8) is 0 Å². The average Bonchev–Trinajstić information content (AvgIpc) is 3.29. The van der Waals surface area contributed by atoms with Crippen LogP contribution in [0.4, 0.5) is 16.3 Å². The third-order valence-electron chi connectivity index (χ3n) is 6.77. The van der Waals surface area contributed by atoms with E-state index in [1.165, 1.54) is 4.90 Å². The van der Waals surface area contributed by atoms with Gasteiger partial charge in [-0.05, 0) is 49.9 Å². The van der Waals surface area contributed by atoms with Crippen LogP contribution in [0.25, 0.3) is 0 Å². The molecule has 10 nitrogen and oxygen atoms in total. The van der Waals surface area contributed by atoms with E-state index in [9.17, 15) is 14.4 Å². The minimum Gasteiger partial charge on any atom is -0.384 e. The molecule has 4 amide bonds. The molecule has 3 N–H and O–H groups in total. The number of nitrogens with one attached hydrogen (secondary N) is 1. The molecule has 3 atom stereocenters. The number of likely N-dealkylation sites (N-methyl/N-ethyl adjacent to an activating group) is 1. The number of hydrogen-bond acceptors (Lipinski definition) is 6. The number of nitrogen functional groups attached to an aromatic ring is 1. The van der Waals surface area contributed by atoms with Crippen LogP contribution in [0.5, 0.6) is 0 Å². The number of aromatic nitrogens is 3. The monoisotopic (exact) mass is 503 g/mol. The number of pyridine rings is 1. The number of benzene rings is 1. The molecule has 4 rings (SSSR count). The van der Waals surface area contributed by atoms with Gasteiger partial charge in [0.1, 0.15) is 11.9 Å². The number of urea groups is 1. The molecule has 37 heavy (non-hydrogen) atoms. The van der Waals surface area contributed by atoms with Gasteiger partial charge in [0.05, 0.1) is 23.8 Å². The molecule has 1 aliphatic rings. The number of β-lactam (4-membered cyclic amide) rings is 1. The average molecular weight is 504 g/mol. The molecule has 1 saturated heterocycles. The van der Waals surface area contributed by atoms with Crippen LogP contribution in [0.2, 0.25) is 0 Å². The van der Waals surface area contributed by atoms with Crippen LogP contribution in [0.3, 0.4) is 0 Å². The fourth-order valence-corrected chi connectivity index (χ4v) is 4.74. The lowest BCUT2D eigenvalue weighted by atomic mass is 9.81. The maximum atomic E-state index is 13.7. The summed E-state index contributed by atoms with van der Waals surface area (Å²) in [5.74, 6) is -1.13. The van der Waals surface area contributed by atoms with E-state index in [-0.39, 0.29) is 18.4 Å². The predicted octanol–water partition coefficient (Wildman–Crippen LogP) is 2.91. The second kappa shape index (κ2) is 10.4. The van der Waals surface area contributed by atoms with E-state index < -0.39 is 23.9 Å². The Bertz CT molecular complexity index is 1300. The Morgan fingerprint density at radius 1 is 1.19 bits per heavy atom. The molecule has 1 fully saturated rings. The van der Waals surface area contributed by atoms with Crippen LogP contribution in [0.15, 0.2) is 48.8 Å². The SMILES string of the molecule is CC[C@@H](NC(=O)N1C(=O)[C@H](Cc2cc(C)nc(N)c2)[C@H]1C(=O)N(C)c1cnn(C)c1)c1ccc(C)cc1. The van der Waals surface area contributed by atoms with E-state index >= 15 is 0 Å². The molecule has 0 saturated carbocycles. The van der Waals surface area contributed by atoms with Crippen LogP contribution in [0.1, 0.15) is 41.8 Å². The second-order valence-electron chi connectivity index (χ2n) is 9.60. The molecule has 0 unspecified atom stereocenters. The van der Waals surface area contributed by atoms with E-state index in [2.05, 4.69) is 15.4 Å². The van der Waals surface area contributed by atoms with Crippen molar-refractivity contribution >= 4 is 29.4 Å². The normalized spacial score (nSPS) is 17.8. The number of imide groups is 1. The highest BCUT2D eigenvalue weighted by Gasteiger charge is 2.55. The number of likely N-dealkylation sites (tertiary alicyclic amines) is 1. The number of hydrogen-bond donors (Lipinski definition) is 2. The Balaban J connectivity index is 1.60. The highest BCUT2D eigenvalue weighted by Crippen LogP contribution is 2.33. The molecule has 0 spiro atoms. The van der Waals surface area contributed by atoms with Gasteiger partial charge in [0.25, 0.3) is 5.91 Å². The van der Waals surface area contributed by atoms with Crippen molar-refractivity contribution in [3.8, 4) is 0 Å². The summed E-state index contributed by atoms with van der Waals surface area (Å²) in [5, 5.41) is 7.08. The van der Waals surface area contributed by atoms with E-state index in [0.717, 1.165) is 27.3 Å². The lowest BCUT2D eigenvalue weighted by Gasteiger charge is -2.46. The van der Waals surface area contributed by atoms with Gasteiger partial charge in [0.15, 0.2) is 0 Å². The van der Waals surface area contributed by atoms with Gasteiger partial charge in [0, 0.05) is 26.0 Å². The van der Waals surface area contributed by atoms with Crippen molar-refractivity contribution < 1.29 is 14.4 Å². The molecule has 0 bridgehead atoms. The number of aryl methyl sites for hydroxylation is 3. The van der Waals surface area contributed by atoms with Crippen molar-refractivity contribution in [2.75, 3.05) is 17.7 Å². The second-order valence-corrected chi connectivity index (χ2v) is 9.60. The van der Waals surface area contributed by atoms with Crippen LogP contribution < -0.4 is 16.0 Å². The molecule has 1 aliphatic heterocycles. The molecule has 2 aromatic heterocycles. The van der Waals surface area contributed by atoms with E-state index in [1.807, 2.05) is 51.1 Å². The molecule has 3 heterocycles.